The minimum Gasteiger partial charge on any atom is -0.508 e. The molecule has 3 aromatic carbocycles. The molecule has 53 heavy (non-hydrogen) atoms. The summed E-state index contributed by atoms with van der Waals surface area (Å²) in [5.41, 5.74) is 1.08. The molecule has 0 bridgehead atoms. The van der Waals surface area contributed by atoms with Crippen LogP contribution in [0.25, 0.3) is 6.08 Å². The minimum absolute atomic E-state index is 0.0550. The van der Waals surface area contributed by atoms with Gasteiger partial charge in [-0.25, -0.2) is 9.59 Å². The second kappa shape index (κ2) is 19.6. The van der Waals surface area contributed by atoms with Crippen molar-refractivity contribution in [1.82, 2.24) is 15.5 Å². The van der Waals surface area contributed by atoms with Gasteiger partial charge in [-0.05, 0) is 88.4 Å². The Labute approximate surface area is 315 Å². The number of unbranched alkanes of at least 4 members (excludes halogenated alkanes) is 3. The largest absolute Gasteiger partial charge is 0.508 e. The van der Waals surface area contributed by atoms with Crippen molar-refractivity contribution in [2.45, 2.75) is 116 Å². The summed E-state index contributed by atoms with van der Waals surface area (Å²) in [4.78, 5) is 58.1. The van der Waals surface area contributed by atoms with Gasteiger partial charge in [-0.3, -0.25) is 9.59 Å². The Balaban J connectivity index is 2.16. The van der Waals surface area contributed by atoms with Gasteiger partial charge < -0.3 is 30.1 Å². The molecule has 10 nitrogen and oxygen atoms in total. The lowest BCUT2D eigenvalue weighted by Crippen LogP contribution is -2.55. The SMILES string of the molecule is C=Cc1cccc(C(C(=O)NC(Cc2ccccc2)C(=O)OC(C)(C)C)N(CCCCCC)C(=O)C(Cc2ccc(O)cc2)NC(=O)OC(C)(C)C)c1. The van der Waals surface area contributed by atoms with E-state index in [9.17, 15) is 24.3 Å². The first-order chi connectivity index (χ1) is 25.0. The number of ether oxygens (including phenoxy) is 2. The Morgan fingerprint density at radius 2 is 1.40 bits per heavy atom. The van der Waals surface area contributed by atoms with E-state index in [1.54, 1.807) is 78.0 Å². The van der Waals surface area contributed by atoms with Gasteiger partial charge in [0, 0.05) is 19.4 Å². The summed E-state index contributed by atoms with van der Waals surface area (Å²) in [6.07, 6.45) is 4.36. The van der Waals surface area contributed by atoms with Gasteiger partial charge in [-0.2, -0.15) is 0 Å². The maximum atomic E-state index is 15.0. The topological polar surface area (TPSA) is 134 Å². The van der Waals surface area contributed by atoms with Crippen molar-refractivity contribution in [2.24, 2.45) is 0 Å². The Morgan fingerprint density at radius 1 is 0.774 bits per heavy atom. The number of carbonyl (C=O) groups excluding carboxylic acids is 4. The fraction of sp³-hybridized carbons (Fsp3) is 0.442. The molecule has 0 fully saturated rings. The van der Waals surface area contributed by atoms with Gasteiger partial charge in [0.25, 0.3) is 0 Å². The molecule has 3 atom stereocenters. The van der Waals surface area contributed by atoms with Crippen molar-refractivity contribution >= 4 is 30.0 Å². The van der Waals surface area contributed by atoms with Crippen molar-refractivity contribution in [3.05, 3.63) is 108 Å². The van der Waals surface area contributed by atoms with Gasteiger partial charge in [0.1, 0.15) is 35.1 Å². The fourth-order valence-electron chi connectivity index (χ4n) is 5.79. The summed E-state index contributed by atoms with van der Waals surface area (Å²) < 4.78 is 11.3. The maximum absolute atomic E-state index is 15.0. The molecule has 3 unspecified atom stereocenters. The van der Waals surface area contributed by atoms with Crippen LogP contribution in [0.1, 0.15) is 102 Å². The first-order valence-electron chi connectivity index (χ1n) is 18.4. The van der Waals surface area contributed by atoms with Crippen LogP contribution in [0.15, 0.2) is 85.4 Å². The number of phenols is 1. The highest BCUT2D eigenvalue weighted by Gasteiger charge is 2.38. The molecular formula is C43H57N3O7. The van der Waals surface area contributed by atoms with E-state index < -0.39 is 53.2 Å². The van der Waals surface area contributed by atoms with Crippen LogP contribution in [-0.4, -0.2) is 63.7 Å². The molecule has 0 aliphatic carbocycles. The second-order valence-electron chi connectivity index (χ2n) is 15.2. The van der Waals surface area contributed by atoms with E-state index in [2.05, 4.69) is 24.1 Å². The van der Waals surface area contributed by atoms with E-state index in [1.165, 1.54) is 17.0 Å². The molecule has 3 aromatic rings. The number of hydrogen-bond acceptors (Lipinski definition) is 7. The molecule has 3 amide bonds. The number of alkyl carbamates (subject to hydrolysis) is 1. The molecule has 0 radical (unpaired) electrons. The third kappa shape index (κ3) is 14.4. The van der Waals surface area contributed by atoms with Gasteiger partial charge in [0.2, 0.25) is 11.8 Å². The average Bonchev–Trinajstić information content (AvgIpc) is 3.08. The number of nitrogens with one attached hydrogen (secondary N) is 2. The van der Waals surface area contributed by atoms with Crippen molar-refractivity contribution < 1.29 is 33.8 Å². The molecule has 0 heterocycles. The number of amides is 3. The summed E-state index contributed by atoms with van der Waals surface area (Å²) in [7, 11) is 0. The molecule has 3 N–H and O–H groups in total. The van der Waals surface area contributed by atoms with E-state index in [1.807, 2.05) is 36.4 Å². The number of carbonyl (C=O) groups is 4. The number of benzene rings is 3. The number of nitrogens with zero attached hydrogens (tertiary/aromatic N) is 1. The number of hydrogen-bond donors (Lipinski definition) is 3. The van der Waals surface area contributed by atoms with Crippen LogP contribution < -0.4 is 10.6 Å². The van der Waals surface area contributed by atoms with Crippen LogP contribution in [-0.2, 0) is 36.7 Å². The average molecular weight is 728 g/mol. The number of esters is 1. The van der Waals surface area contributed by atoms with Gasteiger partial charge in [0.05, 0.1) is 0 Å². The van der Waals surface area contributed by atoms with Crippen LogP contribution in [0, 0.1) is 0 Å². The maximum Gasteiger partial charge on any atom is 0.408 e. The molecule has 0 saturated heterocycles. The first kappa shape index (κ1) is 42.3. The molecule has 0 aliphatic rings. The Kier molecular flexibility index (Phi) is 15.7. The van der Waals surface area contributed by atoms with Gasteiger partial charge in [-0.15, -0.1) is 0 Å². The molecule has 0 aromatic heterocycles. The van der Waals surface area contributed by atoms with E-state index in [4.69, 9.17) is 9.47 Å². The number of rotatable bonds is 17. The molecule has 0 aliphatic heterocycles. The highest BCUT2D eigenvalue weighted by molar-refractivity contribution is 5.94. The number of phenolic OH excluding ortho intramolecular Hbond substituents is 1. The lowest BCUT2D eigenvalue weighted by atomic mass is 9.97. The molecule has 286 valence electrons. The smallest absolute Gasteiger partial charge is 0.408 e. The molecular weight excluding hydrogens is 670 g/mol. The van der Waals surface area contributed by atoms with Crippen LogP contribution in [0.3, 0.4) is 0 Å². The van der Waals surface area contributed by atoms with E-state index >= 15 is 0 Å². The van der Waals surface area contributed by atoms with Crippen LogP contribution in [0.4, 0.5) is 4.79 Å². The summed E-state index contributed by atoms with van der Waals surface area (Å²) in [6.45, 7) is 16.6. The van der Waals surface area contributed by atoms with Crippen molar-refractivity contribution in [3.8, 4) is 5.75 Å². The normalized spacial score (nSPS) is 13.2. The zero-order valence-electron chi connectivity index (χ0n) is 32.3. The van der Waals surface area contributed by atoms with E-state index in [0.717, 1.165) is 30.4 Å². The van der Waals surface area contributed by atoms with Crippen LogP contribution in [0.5, 0.6) is 5.75 Å². The predicted octanol–water partition coefficient (Wildman–Crippen LogP) is 7.69. The fourth-order valence-corrected chi connectivity index (χ4v) is 5.79. The zero-order valence-corrected chi connectivity index (χ0v) is 32.3. The first-order valence-corrected chi connectivity index (χ1v) is 18.4. The lowest BCUT2D eigenvalue weighted by Gasteiger charge is -2.35. The Morgan fingerprint density at radius 3 is 2.00 bits per heavy atom. The standard InChI is InChI=1S/C43H57N3O7/c1-9-11-12-16-26-46(39(49)35(45-41(51)53-43(6,7)8)28-32-22-24-34(47)25-23-32)37(33-21-17-20-30(10-2)27-33)38(48)44-36(40(50)52-42(3,4)5)29-31-18-14-13-15-19-31/h10,13-15,17-25,27,35-37,47H,2,9,11-12,16,26,28-29H2,1,3-8H3,(H,44,48)(H,45,51). The van der Waals surface area contributed by atoms with E-state index in [-0.39, 0.29) is 25.1 Å². The van der Waals surface area contributed by atoms with Crippen LogP contribution in [0.2, 0.25) is 0 Å². The summed E-state index contributed by atoms with van der Waals surface area (Å²) in [5.74, 6) is -1.64. The van der Waals surface area contributed by atoms with Gasteiger partial charge >= 0.3 is 12.1 Å². The summed E-state index contributed by atoms with van der Waals surface area (Å²) in [6, 6.07) is 19.4. The van der Waals surface area contributed by atoms with E-state index in [0.29, 0.717) is 17.5 Å². The highest BCUT2D eigenvalue weighted by Crippen LogP contribution is 2.27. The third-order valence-electron chi connectivity index (χ3n) is 8.21. The highest BCUT2D eigenvalue weighted by atomic mass is 16.6. The van der Waals surface area contributed by atoms with Gasteiger partial charge in [-0.1, -0.05) is 99.5 Å². The van der Waals surface area contributed by atoms with Crippen molar-refractivity contribution in [1.29, 1.82) is 0 Å². The predicted molar refractivity (Wildman–Crippen MR) is 208 cm³/mol. The monoisotopic (exact) mass is 727 g/mol. The summed E-state index contributed by atoms with van der Waals surface area (Å²) in [5, 5.41) is 15.6. The van der Waals surface area contributed by atoms with Gasteiger partial charge in [0.15, 0.2) is 0 Å². The zero-order chi connectivity index (χ0) is 39.2. The third-order valence-corrected chi connectivity index (χ3v) is 8.21. The molecule has 10 heteroatoms. The molecule has 0 saturated carbocycles. The lowest BCUT2D eigenvalue weighted by molar-refractivity contribution is -0.159. The quantitative estimate of drug-likeness (QED) is 0.0959. The van der Waals surface area contributed by atoms with Crippen LogP contribution >= 0.6 is 0 Å². The van der Waals surface area contributed by atoms with Crippen molar-refractivity contribution in [3.63, 3.8) is 0 Å². The second-order valence-corrected chi connectivity index (χ2v) is 15.2. The Bertz CT molecular complexity index is 1660. The molecule has 0 spiro atoms. The summed E-state index contributed by atoms with van der Waals surface area (Å²) >= 11 is 0. The number of aromatic hydroxyl groups is 1. The minimum atomic E-state index is -1.20. The Hall–Kier alpha value is -5.12. The van der Waals surface area contributed by atoms with Crippen molar-refractivity contribution in [2.75, 3.05) is 6.54 Å². The molecule has 3 rings (SSSR count).